The highest BCUT2D eigenvalue weighted by atomic mass is 14.6. The van der Waals surface area contributed by atoms with Gasteiger partial charge in [0.05, 0.1) is 0 Å². The Bertz CT molecular complexity index is 492. The molecule has 0 heteroatoms. The number of hydrogen-bond donors (Lipinski definition) is 0. The summed E-state index contributed by atoms with van der Waals surface area (Å²) in [6.45, 7) is 12.8. The molecule has 0 saturated heterocycles. The maximum Gasteiger partial charge on any atom is -0.0264 e. The van der Waals surface area contributed by atoms with Gasteiger partial charge in [0.2, 0.25) is 0 Å². The molecule has 4 fully saturated rings. The van der Waals surface area contributed by atoms with Crippen LogP contribution in [-0.4, -0.2) is 0 Å². The second-order valence-electron chi connectivity index (χ2n) is 12.3. The molecular formula is C27H48. The van der Waals surface area contributed by atoms with E-state index in [1.165, 1.54) is 32.1 Å². The van der Waals surface area contributed by atoms with Crippen molar-refractivity contribution in [3.8, 4) is 0 Å². The Morgan fingerprint density at radius 3 is 2.44 bits per heavy atom. The quantitative estimate of drug-likeness (QED) is 0.455. The maximum absolute atomic E-state index is 2.75. The Kier molecular flexibility index (Phi) is 6.03. The average molecular weight is 373 g/mol. The normalized spacial score (nSPS) is 48.0. The van der Waals surface area contributed by atoms with Gasteiger partial charge in [0.15, 0.2) is 0 Å². The molecule has 0 radical (unpaired) electrons. The van der Waals surface area contributed by atoms with E-state index in [1.54, 1.807) is 44.9 Å². The topological polar surface area (TPSA) is 0 Å². The molecule has 4 rings (SSSR count). The average Bonchev–Trinajstić information content (AvgIpc) is 2.98. The van der Waals surface area contributed by atoms with Gasteiger partial charge in [0.1, 0.15) is 0 Å². The van der Waals surface area contributed by atoms with Crippen molar-refractivity contribution in [2.75, 3.05) is 0 Å². The van der Waals surface area contributed by atoms with Gasteiger partial charge in [0.25, 0.3) is 0 Å². The van der Waals surface area contributed by atoms with Crippen LogP contribution in [0.4, 0.5) is 0 Å². The van der Waals surface area contributed by atoms with Crippen molar-refractivity contribution in [3.05, 3.63) is 0 Å². The van der Waals surface area contributed by atoms with Gasteiger partial charge in [-0.2, -0.15) is 0 Å². The molecule has 0 aliphatic heterocycles. The zero-order valence-electron chi connectivity index (χ0n) is 19.2. The SMILES string of the molecule is CC(C)CCC[C@@H](C)[C@H]1CC[C@H]2[C@@H]3CCC4CCC[C@@H](C)C4[C@H]3CC[C@]12C. The summed E-state index contributed by atoms with van der Waals surface area (Å²) in [5.41, 5.74) is 0.684. The first kappa shape index (κ1) is 20.3. The molecule has 4 aliphatic carbocycles. The van der Waals surface area contributed by atoms with E-state index in [2.05, 4.69) is 34.6 Å². The van der Waals surface area contributed by atoms with E-state index < -0.39 is 0 Å². The molecule has 0 amide bonds. The predicted octanol–water partition coefficient (Wildman–Crippen LogP) is 8.35. The van der Waals surface area contributed by atoms with Gasteiger partial charge in [-0.3, -0.25) is 0 Å². The lowest BCUT2D eigenvalue weighted by atomic mass is 9.48. The predicted molar refractivity (Wildman–Crippen MR) is 118 cm³/mol. The third-order valence-electron chi connectivity index (χ3n) is 10.5. The van der Waals surface area contributed by atoms with Crippen LogP contribution in [-0.2, 0) is 0 Å². The largest absolute Gasteiger partial charge is 0.0628 e. The van der Waals surface area contributed by atoms with Gasteiger partial charge in [-0.05, 0) is 97.2 Å². The van der Waals surface area contributed by atoms with Crippen LogP contribution in [0.3, 0.4) is 0 Å². The maximum atomic E-state index is 2.75. The number of rotatable bonds is 5. The molecule has 0 aromatic heterocycles. The highest BCUT2D eigenvalue weighted by molar-refractivity contribution is 5.07. The fourth-order valence-corrected chi connectivity index (χ4v) is 9.30. The van der Waals surface area contributed by atoms with Crippen LogP contribution in [0.5, 0.6) is 0 Å². The molecule has 9 atom stereocenters. The van der Waals surface area contributed by atoms with Crippen molar-refractivity contribution in [1.82, 2.24) is 0 Å². The molecule has 0 spiro atoms. The minimum atomic E-state index is 0.684. The first-order valence-electron chi connectivity index (χ1n) is 12.9. The molecular weight excluding hydrogens is 324 g/mol. The van der Waals surface area contributed by atoms with Crippen LogP contribution in [0, 0.1) is 58.7 Å². The van der Waals surface area contributed by atoms with E-state index in [-0.39, 0.29) is 0 Å². The lowest BCUT2D eigenvalue weighted by molar-refractivity contribution is -0.0831. The highest BCUT2D eigenvalue weighted by Crippen LogP contribution is 2.66. The zero-order valence-corrected chi connectivity index (χ0v) is 19.2. The Morgan fingerprint density at radius 1 is 0.852 bits per heavy atom. The molecule has 0 heterocycles. The van der Waals surface area contributed by atoms with Crippen molar-refractivity contribution in [3.63, 3.8) is 0 Å². The van der Waals surface area contributed by atoms with E-state index in [4.69, 9.17) is 0 Å². The second-order valence-corrected chi connectivity index (χ2v) is 12.3. The summed E-state index contributed by atoms with van der Waals surface area (Å²) in [5, 5.41) is 0. The fraction of sp³-hybridized carbons (Fsp3) is 1.00. The summed E-state index contributed by atoms with van der Waals surface area (Å²) in [5.74, 6) is 9.36. The Labute approximate surface area is 170 Å². The summed E-state index contributed by atoms with van der Waals surface area (Å²) < 4.78 is 0. The standard InChI is InChI=1S/C27H48/c1-18(2)8-6-9-19(3)24-14-15-25-22-13-12-21-11-7-10-20(4)26(21)23(22)16-17-27(24,25)5/h18-26H,6-17H2,1-5H3/t19-,20-,21?,22-,23+,24-,25+,26?,27-/m1/s1. The summed E-state index contributed by atoms with van der Waals surface area (Å²) in [6, 6.07) is 0. The van der Waals surface area contributed by atoms with Crippen LogP contribution < -0.4 is 0 Å². The highest BCUT2D eigenvalue weighted by Gasteiger charge is 2.57. The van der Waals surface area contributed by atoms with Gasteiger partial charge in [-0.15, -0.1) is 0 Å². The molecule has 0 nitrogen and oxygen atoms in total. The van der Waals surface area contributed by atoms with Crippen molar-refractivity contribution in [1.29, 1.82) is 0 Å². The Balaban J connectivity index is 1.45. The molecule has 156 valence electrons. The molecule has 2 unspecified atom stereocenters. The summed E-state index contributed by atoms with van der Waals surface area (Å²) in [4.78, 5) is 0. The molecule has 4 aliphatic rings. The molecule has 0 aromatic carbocycles. The van der Waals surface area contributed by atoms with E-state index in [0.29, 0.717) is 5.41 Å². The van der Waals surface area contributed by atoms with Gasteiger partial charge < -0.3 is 0 Å². The third-order valence-corrected chi connectivity index (χ3v) is 10.5. The zero-order chi connectivity index (χ0) is 19.2. The first-order chi connectivity index (χ1) is 12.9. The number of hydrogen-bond acceptors (Lipinski definition) is 0. The number of fused-ring (bicyclic) bond motifs is 5. The fourth-order valence-electron chi connectivity index (χ4n) is 9.30. The molecule has 4 saturated carbocycles. The van der Waals surface area contributed by atoms with Crippen LogP contribution in [0.15, 0.2) is 0 Å². The minimum absolute atomic E-state index is 0.684. The monoisotopic (exact) mass is 372 g/mol. The second kappa shape index (κ2) is 8.02. The summed E-state index contributed by atoms with van der Waals surface area (Å²) in [6.07, 6.45) is 18.4. The van der Waals surface area contributed by atoms with E-state index in [0.717, 1.165) is 53.3 Å². The Morgan fingerprint density at radius 2 is 1.67 bits per heavy atom. The van der Waals surface area contributed by atoms with Crippen LogP contribution >= 0.6 is 0 Å². The molecule has 0 aromatic rings. The van der Waals surface area contributed by atoms with Gasteiger partial charge in [-0.25, -0.2) is 0 Å². The van der Waals surface area contributed by atoms with Gasteiger partial charge in [-0.1, -0.05) is 73.1 Å². The van der Waals surface area contributed by atoms with Crippen molar-refractivity contribution >= 4 is 0 Å². The third kappa shape index (κ3) is 3.66. The van der Waals surface area contributed by atoms with Crippen LogP contribution in [0.25, 0.3) is 0 Å². The van der Waals surface area contributed by atoms with Crippen molar-refractivity contribution in [2.45, 2.75) is 112 Å². The lowest BCUT2D eigenvalue weighted by Crippen LogP contribution is -2.50. The molecule has 27 heavy (non-hydrogen) atoms. The van der Waals surface area contributed by atoms with E-state index in [1.807, 2.05) is 0 Å². The molecule has 0 bridgehead atoms. The van der Waals surface area contributed by atoms with Crippen molar-refractivity contribution in [2.24, 2.45) is 58.7 Å². The van der Waals surface area contributed by atoms with Gasteiger partial charge in [0, 0.05) is 0 Å². The first-order valence-corrected chi connectivity index (χ1v) is 12.9. The summed E-state index contributed by atoms with van der Waals surface area (Å²) >= 11 is 0. The van der Waals surface area contributed by atoms with Crippen molar-refractivity contribution < 1.29 is 0 Å². The lowest BCUT2D eigenvalue weighted by Gasteiger charge is -2.57. The molecule has 0 N–H and O–H groups in total. The van der Waals surface area contributed by atoms with Crippen LogP contribution in [0.2, 0.25) is 0 Å². The summed E-state index contributed by atoms with van der Waals surface area (Å²) in [7, 11) is 0. The smallest absolute Gasteiger partial charge is 0.0264 e. The van der Waals surface area contributed by atoms with E-state index >= 15 is 0 Å². The minimum Gasteiger partial charge on any atom is -0.0628 e. The van der Waals surface area contributed by atoms with Gasteiger partial charge >= 0.3 is 0 Å². The Hall–Kier alpha value is 0. The van der Waals surface area contributed by atoms with E-state index in [9.17, 15) is 0 Å². The van der Waals surface area contributed by atoms with Crippen LogP contribution in [0.1, 0.15) is 112 Å².